The minimum Gasteiger partial charge on any atom is -0.352 e. The SMILES string of the molecule is Cc1nn(C2CCS(=O)(=O)C2)c2nc(C3CC3)cc(C(=O)NCCc3cccc4cccnc34)c12. The molecule has 2 fully saturated rings. The Bertz CT molecular complexity index is 1570. The first-order chi connectivity index (χ1) is 16.9. The molecule has 2 aliphatic rings. The number of nitrogens with zero attached hydrogens (tertiary/aromatic N) is 4. The number of benzene rings is 1. The predicted octanol–water partition coefficient (Wildman–Crippen LogP) is 3.50. The molecule has 1 saturated heterocycles. The summed E-state index contributed by atoms with van der Waals surface area (Å²) < 4.78 is 26.0. The highest BCUT2D eigenvalue weighted by Crippen LogP contribution is 2.41. The second-order valence-electron chi connectivity index (χ2n) is 9.65. The van der Waals surface area contributed by atoms with E-state index in [1.807, 2.05) is 43.3 Å². The molecule has 6 rings (SSSR count). The average molecular weight is 490 g/mol. The Morgan fingerprint density at radius 1 is 1.17 bits per heavy atom. The summed E-state index contributed by atoms with van der Waals surface area (Å²) in [5.74, 6) is 0.425. The fourth-order valence-corrected chi connectivity index (χ4v) is 6.79. The number of hydrogen-bond donors (Lipinski definition) is 1. The van der Waals surface area contributed by atoms with E-state index in [4.69, 9.17) is 4.98 Å². The van der Waals surface area contributed by atoms with Crippen molar-refractivity contribution >= 4 is 37.7 Å². The fraction of sp³-hybridized carbons (Fsp3) is 0.385. The third-order valence-electron chi connectivity index (χ3n) is 7.05. The van der Waals surface area contributed by atoms with Gasteiger partial charge in [0.15, 0.2) is 15.5 Å². The zero-order valence-electron chi connectivity index (χ0n) is 19.6. The molecule has 1 amide bonds. The van der Waals surface area contributed by atoms with E-state index < -0.39 is 9.84 Å². The molecule has 1 unspecified atom stereocenters. The maximum absolute atomic E-state index is 13.4. The van der Waals surface area contributed by atoms with E-state index in [9.17, 15) is 13.2 Å². The molecule has 4 aromatic rings. The number of carbonyl (C=O) groups is 1. The number of hydrogen-bond acceptors (Lipinski definition) is 6. The van der Waals surface area contributed by atoms with Crippen LogP contribution in [0.4, 0.5) is 0 Å². The molecule has 0 spiro atoms. The van der Waals surface area contributed by atoms with Crippen molar-refractivity contribution in [3.63, 3.8) is 0 Å². The Hall–Kier alpha value is -3.33. The van der Waals surface area contributed by atoms with Crippen LogP contribution >= 0.6 is 0 Å². The number of pyridine rings is 2. The van der Waals surface area contributed by atoms with Gasteiger partial charge < -0.3 is 5.32 Å². The van der Waals surface area contributed by atoms with Gasteiger partial charge in [0.2, 0.25) is 0 Å². The van der Waals surface area contributed by atoms with Crippen molar-refractivity contribution in [3.8, 4) is 0 Å². The largest absolute Gasteiger partial charge is 0.352 e. The number of sulfone groups is 1. The van der Waals surface area contributed by atoms with Crippen LogP contribution in [0.2, 0.25) is 0 Å². The summed E-state index contributed by atoms with van der Waals surface area (Å²) in [6, 6.07) is 11.7. The highest BCUT2D eigenvalue weighted by Gasteiger charge is 2.34. The quantitative estimate of drug-likeness (QED) is 0.444. The first-order valence-corrected chi connectivity index (χ1v) is 13.9. The molecule has 8 nitrogen and oxygen atoms in total. The lowest BCUT2D eigenvalue weighted by Crippen LogP contribution is -2.26. The van der Waals surface area contributed by atoms with Crippen LogP contribution in [0.25, 0.3) is 21.9 Å². The number of aromatic nitrogens is 4. The van der Waals surface area contributed by atoms with E-state index in [1.165, 1.54) is 0 Å². The van der Waals surface area contributed by atoms with Crippen LogP contribution in [0.1, 0.15) is 58.5 Å². The van der Waals surface area contributed by atoms with Crippen molar-refractivity contribution < 1.29 is 13.2 Å². The summed E-state index contributed by atoms with van der Waals surface area (Å²) in [4.78, 5) is 22.8. The van der Waals surface area contributed by atoms with Gasteiger partial charge in [-0.2, -0.15) is 5.10 Å². The van der Waals surface area contributed by atoms with Gasteiger partial charge in [0.25, 0.3) is 5.91 Å². The molecule has 1 aliphatic carbocycles. The van der Waals surface area contributed by atoms with Gasteiger partial charge >= 0.3 is 0 Å². The van der Waals surface area contributed by atoms with Gasteiger partial charge in [0.05, 0.1) is 39.7 Å². The van der Waals surface area contributed by atoms with Gasteiger partial charge in [0.1, 0.15) is 0 Å². The fourth-order valence-electron chi connectivity index (χ4n) is 5.10. The number of fused-ring (bicyclic) bond motifs is 2. The highest BCUT2D eigenvalue weighted by atomic mass is 32.2. The Kier molecular flexibility index (Phi) is 5.32. The van der Waals surface area contributed by atoms with Crippen molar-refractivity contribution in [2.24, 2.45) is 0 Å². The first-order valence-electron chi connectivity index (χ1n) is 12.1. The van der Waals surface area contributed by atoms with Gasteiger partial charge in [-0.25, -0.2) is 18.1 Å². The molecule has 1 aromatic carbocycles. The monoisotopic (exact) mass is 489 g/mol. The molecule has 1 atom stereocenters. The van der Waals surface area contributed by atoms with Crippen LogP contribution < -0.4 is 5.32 Å². The predicted molar refractivity (Wildman–Crippen MR) is 134 cm³/mol. The number of para-hydroxylation sites is 1. The van der Waals surface area contributed by atoms with Crippen molar-refractivity contribution in [1.29, 1.82) is 0 Å². The van der Waals surface area contributed by atoms with E-state index in [1.54, 1.807) is 10.9 Å². The lowest BCUT2D eigenvalue weighted by molar-refractivity contribution is 0.0955. The van der Waals surface area contributed by atoms with Crippen LogP contribution in [0.3, 0.4) is 0 Å². The van der Waals surface area contributed by atoms with Crippen molar-refractivity contribution in [2.45, 2.75) is 44.6 Å². The lowest BCUT2D eigenvalue weighted by Gasteiger charge is -2.12. The Balaban J connectivity index is 1.30. The maximum atomic E-state index is 13.4. The zero-order chi connectivity index (χ0) is 24.2. The molecular formula is C26H27N5O3S. The van der Waals surface area contributed by atoms with Crippen molar-refractivity contribution in [2.75, 3.05) is 18.1 Å². The number of carbonyl (C=O) groups excluding carboxylic acids is 1. The first kappa shape index (κ1) is 22.2. The van der Waals surface area contributed by atoms with Crippen molar-refractivity contribution in [1.82, 2.24) is 25.1 Å². The molecule has 1 saturated carbocycles. The molecular weight excluding hydrogens is 462 g/mol. The molecule has 0 radical (unpaired) electrons. The molecule has 0 bridgehead atoms. The van der Waals surface area contributed by atoms with Gasteiger partial charge in [-0.05, 0) is 50.3 Å². The molecule has 3 aromatic heterocycles. The highest BCUT2D eigenvalue weighted by molar-refractivity contribution is 7.91. The van der Waals surface area contributed by atoms with Crippen LogP contribution in [0, 0.1) is 6.92 Å². The number of aryl methyl sites for hydroxylation is 1. The zero-order valence-corrected chi connectivity index (χ0v) is 20.4. The van der Waals surface area contributed by atoms with Crippen LogP contribution in [0.5, 0.6) is 0 Å². The van der Waals surface area contributed by atoms with E-state index >= 15 is 0 Å². The second-order valence-corrected chi connectivity index (χ2v) is 11.9. The molecule has 9 heteroatoms. The smallest absolute Gasteiger partial charge is 0.252 e. The minimum atomic E-state index is -3.07. The topological polar surface area (TPSA) is 107 Å². The second kappa shape index (κ2) is 8.41. The maximum Gasteiger partial charge on any atom is 0.252 e. The normalized spacial score (nSPS) is 19.4. The van der Waals surface area contributed by atoms with Gasteiger partial charge in [-0.1, -0.05) is 24.3 Å². The lowest BCUT2D eigenvalue weighted by atomic mass is 10.1. The third-order valence-corrected chi connectivity index (χ3v) is 8.80. The van der Waals surface area contributed by atoms with Gasteiger partial charge in [0, 0.05) is 29.7 Å². The molecule has 4 heterocycles. The number of nitrogens with one attached hydrogen (secondary N) is 1. The Morgan fingerprint density at radius 2 is 2.00 bits per heavy atom. The van der Waals surface area contributed by atoms with Crippen LogP contribution in [-0.2, 0) is 16.3 Å². The standard InChI is InChI=1S/C26H27N5O3S/c1-16-23-21(26(32)28-12-9-19-5-2-4-18-6-3-11-27-24(18)19)14-22(17-7-8-17)29-25(23)31(30-16)20-10-13-35(33,34)15-20/h2-6,11,14,17,20H,7-10,12-13,15H2,1H3,(H,28,32). The van der Waals surface area contributed by atoms with E-state index in [-0.39, 0.29) is 23.5 Å². The van der Waals surface area contributed by atoms with Gasteiger partial charge in [-0.15, -0.1) is 0 Å². The molecule has 1 N–H and O–H groups in total. The van der Waals surface area contributed by atoms with E-state index in [2.05, 4.69) is 15.4 Å². The Morgan fingerprint density at radius 3 is 2.77 bits per heavy atom. The molecule has 35 heavy (non-hydrogen) atoms. The third kappa shape index (κ3) is 4.18. The summed E-state index contributed by atoms with van der Waals surface area (Å²) >= 11 is 0. The summed E-state index contributed by atoms with van der Waals surface area (Å²) in [5, 5.41) is 9.54. The summed E-state index contributed by atoms with van der Waals surface area (Å²) in [6.45, 7) is 2.34. The van der Waals surface area contributed by atoms with Crippen LogP contribution in [0.15, 0.2) is 42.6 Å². The summed E-state index contributed by atoms with van der Waals surface area (Å²) in [5.41, 5.74) is 4.82. The number of rotatable bonds is 6. The summed E-state index contributed by atoms with van der Waals surface area (Å²) in [7, 11) is -3.07. The van der Waals surface area contributed by atoms with Gasteiger partial charge in [-0.3, -0.25) is 9.78 Å². The number of amides is 1. The summed E-state index contributed by atoms with van der Waals surface area (Å²) in [6.07, 6.45) is 5.08. The van der Waals surface area contributed by atoms with E-state index in [0.29, 0.717) is 47.6 Å². The molecule has 180 valence electrons. The average Bonchev–Trinajstić information content (AvgIpc) is 3.57. The van der Waals surface area contributed by atoms with E-state index in [0.717, 1.165) is 35.0 Å². The van der Waals surface area contributed by atoms with Crippen LogP contribution in [-0.4, -0.2) is 52.1 Å². The molecule has 1 aliphatic heterocycles. The Labute approximate surface area is 203 Å². The van der Waals surface area contributed by atoms with Crippen molar-refractivity contribution in [3.05, 3.63) is 65.1 Å². The minimum absolute atomic E-state index is 0.0686.